The molecule has 9 heteroatoms. The van der Waals surface area contributed by atoms with Crippen LogP contribution in [0.15, 0.2) is 59.9 Å². The molecule has 4 rings (SSSR count). The molecule has 1 N–H and O–H groups in total. The minimum atomic E-state index is -0.115. The van der Waals surface area contributed by atoms with E-state index in [2.05, 4.69) is 25.6 Å². The molecule has 0 bridgehead atoms. The quantitative estimate of drug-likeness (QED) is 0.388. The van der Waals surface area contributed by atoms with Crippen LogP contribution in [0.1, 0.15) is 5.56 Å². The van der Waals surface area contributed by atoms with Gasteiger partial charge in [-0.25, -0.2) is 9.97 Å². The number of fused-ring (bicyclic) bond motifs is 1. The van der Waals surface area contributed by atoms with Gasteiger partial charge in [0.1, 0.15) is 17.1 Å². The van der Waals surface area contributed by atoms with E-state index in [9.17, 15) is 4.79 Å². The molecule has 0 saturated carbocycles. The molecule has 0 unspecified atom stereocenters. The molecule has 4 aromatic rings. The molecular formula is C20H18N6O2S. The summed E-state index contributed by atoms with van der Waals surface area (Å²) in [5.74, 6) is 0.797. The number of thioether (sulfide) groups is 1. The molecule has 29 heavy (non-hydrogen) atoms. The zero-order valence-corrected chi connectivity index (χ0v) is 16.7. The molecule has 2 heterocycles. The number of nitrogens with one attached hydrogen (secondary N) is 1. The number of hydrogen-bond acceptors (Lipinski definition) is 7. The molecule has 0 fully saturated rings. The van der Waals surface area contributed by atoms with Crippen LogP contribution in [-0.4, -0.2) is 43.7 Å². The molecule has 2 aromatic carbocycles. The lowest BCUT2D eigenvalue weighted by atomic mass is 10.2. The number of aromatic nitrogens is 5. The third-order valence-electron chi connectivity index (χ3n) is 4.26. The van der Waals surface area contributed by atoms with Gasteiger partial charge in [0.2, 0.25) is 5.91 Å². The second-order valence-electron chi connectivity index (χ2n) is 6.21. The fourth-order valence-electron chi connectivity index (χ4n) is 2.78. The van der Waals surface area contributed by atoms with Gasteiger partial charge in [-0.05, 0) is 30.7 Å². The summed E-state index contributed by atoms with van der Waals surface area (Å²) in [6, 6.07) is 15.1. The molecule has 0 aliphatic heterocycles. The Morgan fingerprint density at radius 1 is 1.17 bits per heavy atom. The second kappa shape index (κ2) is 8.27. The number of anilines is 1. The van der Waals surface area contributed by atoms with Gasteiger partial charge in [0.25, 0.3) is 0 Å². The van der Waals surface area contributed by atoms with Crippen LogP contribution in [0, 0.1) is 6.92 Å². The van der Waals surface area contributed by atoms with E-state index in [0.717, 1.165) is 16.9 Å². The Bertz CT molecular complexity index is 1180. The Labute approximate surface area is 171 Å². The summed E-state index contributed by atoms with van der Waals surface area (Å²) >= 11 is 1.30. The topological polar surface area (TPSA) is 94.8 Å². The molecule has 0 spiro atoms. The lowest BCUT2D eigenvalue weighted by molar-refractivity contribution is -0.113. The smallest absolute Gasteiger partial charge is 0.234 e. The molecule has 1 amide bonds. The van der Waals surface area contributed by atoms with E-state index >= 15 is 0 Å². The number of benzene rings is 2. The number of rotatable bonds is 6. The average Bonchev–Trinajstić information content (AvgIpc) is 3.19. The van der Waals surface area contributed by atoms with Crippen molar-refractivity contribution in [2.45, 2.75) is 11.9 Å². The van der Waals surface area contributed by atoms with Crippen LogP contribution < -0.4 is 10.1 Å². The maximum absolute atomic E-state index is 12.3. The summed E-state index contributed by atoms with van der Waals surface area (Å²) < 4.78 is 6.89. The highest BCUT2D eigenvalue weighted by Gasteiger charge is 2.15. The highest BCUT2D eigenvalue weighted by Crippen LogP contribution is 2.25. The molecular weight excluding hydrogens is 388 g/mol. The third kappa shape index (κ3) is 4.04. The van der Waals surface area contributed by atoms with Crippen molar-refractivity contribution < 1.29 is 9.53 Å². The van der Waals surface area contributed by atoms with Gasteiger partial charge in [0.05, 0.1) is 18.6 Å². The van der Waals surface area contributed by atoms with Crippen molar-refractivity contribution in [2.75, 3.05) is 18.2 Å². The molecule has 0 saturated heterocycles. The van der Waals surface area contributed by atoms with Crippen molar-refractivity contribution >= 4 is 34.5 Å². The van der Waals surface area contributed by atoms with Gasteiger partial charge in [-0.2, -0.15) is 4.68 Å². The van der Waals surface area contributed by atoms with Crippen LogP contribution in [0.25, 0.3) is 16.9 Å². The second-order valence-corrected chi connectivity index (χ2v) is 7.17. The lowest BCUT2D eigenvalue weighted by Gasteiger charge is -2.07. The van der Waals surface area contributed by atoms with Crippen molar-refractivity contribution in [1.82, 2.24) is 25.0 Å². The number of ether oxygens (including phenoxy) is 1. The summed E-state index contributed by atoms with van der Waals surface area (Å²) in [5.41, 5.74) is 3.70. The van der Waals surface area contributed by atoms with Crippen LogP contribution in [0.2, 0.25) is 0 Å². The number of carbonyl (C=O) groups excluding carboxylic acids is 1. The third-order valence-corrected chi connectivity index (χ3v) is 5.24. The Morgan fingerprint density at radius 3 is 2.86 bits per heavy atom. The zero-order valence-electron chi connectivity index (χ0n) is 15.9. The highest BCUT2D eigenvalue weighted by atomic mass is 32.2. The Balaban J connectivity index is 1.54. The Kier molecular flexibility index (Phi) is 5.39. The van der Waals surface area contributed by atoms with Crippen molar-refractivity contribution in [3.05, 3.63) is 60.4 Å². The van der Waals surface area contributed by atoms with E-state index in [1.54, 1.807) is 11.8 Å². The number of nitrogens with zero attached hydrogens (tertiary/aromatic N) is 5. The summed E-state index contributed by atoms with van der Waals surface area (Å²) in [6.07, 6.45) is 1.45. The molecule has 0 aliphatic rings. The van der Waals surface area contributed by atoms with Crippen LogP contribution in [0.3, 0.4) is 0 Å². The zero-order chi connectivity index (χ0) is 20.2. The first-order valence-electron chi connectivity index (χ1n) is 8.85. The van der Waals surface area contributed by atoms with Gasteiger partial charge >= 0.3 is 0 Å². The summed E-state index contributed by atoms with van der Waals surface area (Å²) in [4.78, 5) is 20.9. The van der Waals surface area contributed by atoms with Gasteiger partial charge in [-0.3, -0.25) is 4.79 Å². The Hall–Kier alpha value is -3.46. The van der Waals surface area contributed by atoms with E-state index in [0.29, 0.717) is 21.9 Å². The number of amides is 1. The Morgan fingerprint density at radius 2 is 2.03 bits per heavy atom. The summed E-state index contributed by atoms with van der Waals surface area (Å²) in [7, 11) is 1.61. The monoisotopic (exact) mass is 406 g/mol. The van der Waals surface area contributed by atoms with Gasteiger partial charge in [-0.15, -0.1) is 5.10 Å². The minimum absolute atomic E-state index is 0.115. The molecule has 146 valence electrons. The number of aryl methyl sites for hydroxylation is 1. The van der Waals surface area contributed by atoms with Crippen LogP contribution in [-0.2, 0) is 4.79 Å². The fraction of sp³-hybridized carbons (Fsp3) is 0.150. The molecule has 8 nitrogen and oxygen atoms in total. The van der Waals surface area contributed by atoms with Gasteiger partial charge in [0, 0.05) is 11.8 Å². The van der Waals surface area contributed by atoms with Gasteiger partial charge < -0.3 is 10.1 Å². The molecule has 0 radical (unpaired) electrons. The van der Waals surface area contributed by atoms with Crippen LogP contribution >= 0.6 is 11.8 Å². The normalized spacial score (nSPS) is 10.8. The molecule has 0 aliphatic carbocycles. The summed E-state index contributed by atoms with van der Waals surface area (Å²) in [6.45, 7) is 1.95. The van der Waals surface area contributed by atoms with E-state index < -0.39 is 0 Å². The fourth-order valence-corrected chi connectivity index (χ4v) is 3.51. The van der Waals surface area contributed by atoms with Crippen molar-refractivity contribution in [3.63, 3.8) is 0 Å². The maximum Gasteiger partial charge on any atom is 0.234 e. The maximum atomic E-state index is 12.3. The predicted octanol–water partition coefficient (Wildman–Crippen LogP) is 3.26. The number of para-hydroxylation sites is 1. The number of carbonyl (C=O) groups is 1. The first-order valence-corrected chi connectivity index (χ1v) is 9.83. The van der Waals surface area contributed by atoms with Crippen LogP contribution in [0.5, 0.6) is 5.75 Å². The van der Waals surface area contributed by atoms with Crippen LogP contribution in [0.4, 0.5) is 5.69 Å². The predicted molar refractivity (Wildman–Crippen MR) is 112 cm³/mol. The van der Waals surface area contributed by atoms with Gasteiger partial charge in [-0.1, -0.05) is 41.2 Å². The van der Waals surface area contributed by atoms with Gasteiger partial charge in [0.15, 0.2) is 11.2 Å². The first kappa shape index (κ1) is 18.9. The molecule has 0 atom stereocenters. The largest absolute Gasteiger partial charge is 0.497 e. The first-order chi connectivity index (χ1) is 14.2. The lowest BCUT2D eigenvalue weighted by Crippen LogP contribution is -2.14. The van der Waals surface area contributed by atoms with Crippen molar-refractivity contribution in [3.8, 4) is 11.4 Å². The standard InChI is InChI=1S/C20H18N6O2S/c1-13-6-3-4-9-16(13)23-17(27)11-29-20-18-19(21-12-22-20)26(25-24-18)14-7-5-8-15(10-14)28-2/h3-10,12H,11H2,1-2H3,(H,23,27). The number of hydrogen-bond donors (Lipinski definition) is 1. The van der Waals surface area contributed by atoms with E-state index in [1.807, 2.05) is 55.5 Å². The van der Waals surface area contributed by atoms with E-state index in [-0.39, 0.29) is 11.7 Å². The number of methoxy groups -OCH3 is 1. The van der Waals surface area contributed by atoms with E-state index in [4.69, 9.17) is 4.74 Å². The van der Waals surface area contributed by atoms with Crippen molar-refractivity contribution in [2.24, 2.45) is 0 Å². The van der Waals surface area contributed by atoms with Crippen molar-refractivity contribution in [1.29, 1.82) is 0 Å². The SMILES string of the molecule is COc1cccc(-n2nnc3c(SCC(=O)Nc4ccccc4C)ncnc32)c1. The highest BCUT2D eigenvalue weighted by molar-refractivity contribution is 8.00. The molecule has 2 aromatic heterocycles. The van der Waals surface area contributed by atoms with E-state index in [1.165, 1.54) is 18.1 Å². The summed E-state index contributed by atoms with van der Waals surface area (Å²) in [5, 5.41) is 11.9. The minimum Gasteiger partial charge on any atom is -0.497 e. The average molecular weight is 406 g/mol.